The molecule has 0 unspecified atom stereocenters. The number of benzene rings is 1. The zero-order chi connectivity index (χ0) is 26.7. The van der Waals surface area contributed by atoms with Gasteiger partial charge in [-0.1, -0.05) is 12.1 Å². The van der Waals surface area contributed by atoms with Crippen LogP contribution in [0.5, 0.6) is 11.6 Å². The number of amides is 1. The number of hydroxylamine groups is 1. The second kappa shape index (κ2) is 10.3. The molecule has 0 fully saturated rings. The summed E-state index contributed by atoms with van der Waals surface area (Å²) >= 11 is 0. The number of carbonyl (C=O) groups is 1. The molecule has 3 rings (SSSR count). The van der Waals surface area contributed by atoms with Crippen LogP contribution in [0, 0.1) is 25.2 Å². The van der Waals surface area contributed by atoms with Crippen LogP contribution >= 0.6 is 0 Å². The minimum atomic E-state index is -3.87. The van der Waals surface area contributed by atoms with Crippen molar-refractivity contribution in [3.63, 3.8) is 0 Å². The van der Waals surface area contributed by atoms with Gasteiger partial charge in [0, 0.05) is 30.8 Å². The van der Waals surface area contributed by atoms with E-state index in [0.29, 0.717) is 16.9 Å². The predicted octanol–water partition coefficient (Wildman–Crippen LogP) is 2.89. The zero-order valence-electron chi connectivity index (χ0n) is 20.3. The molecule has 2 N–H and O–H groups in total. The van der Waals surface area contributed by atoms with Gasteiger partial charge >= 0.3 is 0 Å². The SMILES string of the molecule is Cc1cc(C)c(C#N)c(Oc2ccc(-c3ccn(CC[C@](C)(C(=O)NO)S(C)(=O)=O)c(=O)c3)cc2)n1. The van der Waals surface area contributed by atoms with Crippen LogP contribution in [0.1, 0.15) is 30.2 Å². The van der Waals surface area contributed by atoms with E-state index in [1.807, 2.05) is 13.8 Å². The first-order valence-electron chi connectivity index (χ1n) is 10.9. The van der Waals surface area contributed by atoms with Crippen LogP contribution in [0.3, 0.4) is 0 Å². The van der Waals surface area contributed by atoms with Crippen molar-refractivity contribution in [2.75, 3.05) is 6.26 Å². The van der Waals surface area contributed by atoms with Gasteiger partial charge in [-0.25, -0.2) is 18.9 Å². The summed E-state index contributed by atoms with van der Waals surface area (Å²) in [5.74, 6) is -0.362. The van der Waals surface area contributed by atoms with Gasteiger partial charge in [-0.2, -0.15) is 5.26 Å². The minimum Gasteiger partial charge on any atom is -0.438 e. The van der Waals surface area contributed by atoms with Crippen LogP contribution < -0.4 is 15.8 Å². The molecule has 0 aliphatic heterocycles. The van der Waals surface area contributed by atoms with Crippen LogP contribution in [0.15, 0.2) is 53.5 Å². The maximum atomic E-state index is 12.7. The van der Waals surface area contributed by atoms with Gasteiger partial charge in [0.25, 0.3) is 11.5 Å². The van der Waals surface area contributed by atoms with E-state index in [-0.39, 0.29) is 24.4 Å². The first-order chi connectivity index (χ1) is 16.9. The molecule has 0 radical (unpaired) electrons. The fourth-order valence-corrected chi connectivity index (χ4v) is 4.48. The zero-order valence-corrected chi connectivity index (χ0v) is 21.1. The minimum absolute atomic E-state index is 0.0486. The Labute approximate surface area is 208 Å². The van der Waals surface area contributed by atoms with Gasteiger partial charge in [0.15, 0.2) is 14.6 Å². The molecule has 1 atom stereocenters. The number of hydrogen-bond acceptors (Lipinski definition) is 8. The standard InChI is InChI=1S/C25H26N4O6S/c1-16-13-17(2)27-23(21(16)15-26)35-20-7-5-18(6-8-20)19-9-11-29(22(30)14-19)12-10-25(3,24(31)28-32)36(4,33)34/h5-9,11,13-14,32H,10,12H2,1-4H3,(H,28,31)/t25-/m1/s1. The highest BCUT2D eigenvalue weighted by Gasteiger charge is 2.43. The Hall–Kier alpha value is -4.01. The van der Waals surface area contributed by atoms with E-state index in [0.717, 1.165) is 23.1 Å². The molecule has 1 amide bonds. The van der Waals surface area contributed by atoms with Gasteiger partial charge in [0.05, 0.1) is 0 Å². The second-order valence-corrected chi connectivity index (χ2v) is 11.1. The van der Waals surface area contributed by atoms with Crippen molar-refractivity contribution in [2.45, 2.75) is 38.5 Å². The van der Waals surface area contributed by atoms with E-state index in [9.17, 15) is 23.3 Å². The van der Waals surface area contributed by atoms with Gasteiger partial charge in [-0.05, 0) is 68.1 Å². The third-order valence-corrected chi connectivity index (χ3v) is 8.08. The maximum absolute atomic E-state index is 12.7. The largest absolute Gasteiger partial charge is 0.438 e. The smallest absolute Gasteiger partial charge is 0.264 e. The average Bonchev–Trinajstić information content (AvgIpc) is 2.82. The van der Waals surface area contributed by atoms with E-state index >= 15 is 0 Å². The van der Waals surface area contributed by atoms with Gasteiger partial charge < -0.3 is 9.30 Å². The summed E-state index contributed by atoms with van der Waals surface area (Å²) in [6.45, 7) is 4.78. The number of carbonyl (C=O) groups excluding carboxylic acids is 1. The lowest BCUT2D eigenvalue weighted by atomic mass is 10.1. The van der Waals surface area contributed by atoms with Crippen LogP contribution in [-0.4, -0.2) is 40.1 Å². The van der Waals surface area contributed by atoms with Crippen LogP contribution in [0.2, 0.25) is 0 Å². The number of nitrogens with one attached hydrogen (secondary N) is 1. The Morgan fingerprint density at radius 3 is 2.42 bits per heavy atom. The molecule has 2 aromatic heterocycles. The number of nitrogens with zero attached hydrogens (tertiary/aromatic N) is 3. The van der Waals surface area contributed by atoms with Gasteiger partial charge in [0.1, 0.15) is 17.4 Å². The Morgan fingerprint density at radius 1 is 1.19 bits per heavy atom. The molecule has 10 nitrogen and oxygen atoms in total. The molecule has 0 aliphatic carbocycles. The number of ether oxygens (including phenoxy) is 1. The Kier molecular flexibility index (Phi) is 7.62. The number of aryl methyl sites for hydroxylation is 3. The summed E-state index contributed by atoms with van der Waals surface area (Å²) < 4.78 is 29.5. The molecule has 3 aromatic rings. The van der Waals surface area contributed by atoms with Crippen molar-refractivity contribution < 1.29 is 23.2 Å². The Bertz CT molecular complexity index is 1510. The summed E-state index contributed by atoms with van der Waals surface area (Å²) in [5, 5.41) is 18.4. The lowest BCUT2D eigenvalue weighted by Crippen LogP contribution is -2.49. The summed E-state index contributed by atoms with van der Waals surface area (Å²) in [7, 11) is -3.87. The van der Waals surface area contributed by atoms with Crippen molar-refractivity contribution in [1.82, 2.24) is 15.0 Å². The fraction of sp³-hybridized carbons (Fsp3) is 0.280. The number of hydrogen-bond donors (Lipinski definition) is 2. The summed E-state index contributed by atoms with van der Waals surface area (Å²) in [4.78, 5) is 28.9. The Morgan fingerprint density at radius 2 is 1.86 bits per heavy atom. The highest BCUT2D eigenvalue weighted by atomic mass is 32.2. The van der Waals surface area contributed by atoms with Crippen molar-refractivity contribution >= 4 is 15.7 Å². The first-order valence-corrected chi connectivity index (χ1v) is 12.8. The summed E-state index contributed by atoms with van der Waals surface area (Å²) in [5.41, 5.74) is 4.23. The van der Waals surface area contributed by atoms with E-state index in [1.54, 1.807) is 36.4 Å². The molecule has 36 heavy (non-hydrogen) atoms. The number of nitriles is 1. The topological polar surface area (TPSA) is 151 Å². The third-order valence-electron chi connectivity index (χ3n) is 6.05. The van der Waals surface area contributed by atoms with Crippen molar-refractivity contribution in [3.05, 3.63) is 75.8 Å². The molecule has 0 spiro atoms. The van der Waals surface area contributed by atoms with E-state index in [2.05, 4.69) is 11.1 Å². The number of sulfone groups is 1. The molecule has 1 aromatic carbocycles. The highest BCUT2D eigenvalue weighted by Crippen LogP contribution is 2.28. The lowest BCUT2D eigenvalue weighted by Gasteiger charge is -2.25. The number of aromatic nitrogens is 2. The van der Waals surface area contributed by atoms with E-state index in [1.165, 1.54) is 29.2 Å². The molecule has 188 valence electrons. The quantitative estimate of drug-likeness (QED) is 0.347. The molecular weight excluding hydrogens is 484 g/mol. The monoisotopic (exact) mass is 510 g/mol. The van der Waals surface area contributed by atoms with Crippen molar-refractivity contribution in [2.24, 2.45) is 0 Å². The van der Waals surface area contributed by atoms with Gasteiger partial charge in [-0.15, -0.1) is 0 Å². The normalized spacial score (nSPS) is 12.9. The maximum Gasteiger partial charge on any atom is 0.264 e. The predicted molar refractivity (Wildman–Crippen MR) is 132 cm³/mol. The average molecular weight is 511 g/mol. The number of rotatable bonds is 8. The van der Waals surface area contributed by atoms with Gasteiger partial charge in [-0.3, -0.25) is 14.8 Å². The molecule has 0 saturated heterocycles. The molecule has 11 heteroatoms. The summed E-state index contributed by atoms with van der Waals surface area (Å²) in [6, 6.07) is 13.9. The van der Waals surface area contributed by atoms with Crippen LogP contribution in [-0.2, 0) is 21.2 Å². The third kappa shape index (κ3) is 5.45. The molecule has 0 saturated carbocycles. The fourth-order valence-electron chi connectivity index (χ4n) is 3.63. The molecular formula is C25H26N4O6S. The summed E-state index contributed by atoms with van der Waals surface area (Å²) in [6.07, 6.45) is 2.21. The number of pyridine rings is 2. The van der Waals surface area contributed by atoms with Gasteiger partial charge in [0.2, 0.25) is 5.88 Å². The van der Waals surface area contributed by atoms with Crippen molar-refractivity contribution in [3.8, 4) is 28.8 Å². The molecule has 2 heterocycles. The Balaban J connectivity index is 1.79. The van der Waals surface area contributed by atoms with E-state index in [4.69, 9.17) is 9.94 Å². The molecule has 0 aliphatic rings. The van der Waals surface area contributed by atoms with E-state index < -0.39 is 20.5 Å². The first kappa shape index (κ1) is 26.6. The van der Waals surface area contributed by atoms with Crippen molar-refractivity contribution in [1.29, 1.82) is 5.26 Å². The second-order valence-electron chi connectivity index (χ2n) is 8.64. The lowest BCUT2D eigenvalue weighted by molar-refractivity contribution is -0.131. The van der Waals surface area contributed by atoms with Crippen LogP contribution in [0.4, 0.5) is 0 Å². The van der Waals surface area contributed by atoms with Crippen LogP contribution in [0.25, 0.3) is 11.1 Å². The highest BCUT2D eigenvalue weighted by molar-refractivity contribution is 7.92. The molecule has 0 bridgehead atoms.